The third-order valence-corrected chi connectivity index (χ3v) is 2.51. The van der Waals surface area contributed by atoms with Crippen LogP contribution in [0.5, 0.6) is 0 Å². The largest absolute Gasteiger partial charge is 0.344 e. The van der Waals surface area contributed by atoms with Crippen LogP contribution in [0.25, 0.3) is 0 Å². The first kappa shape index (κ1) is 11.9. The number of amides is 1. The van der Waals surface area contributed by atoms with Gasteiger partial charge in [0.15, 0.2) is 0 Å². The van der Waals surface area contributed by atoms with Crippen LogP contribution in [-0.4, -0.2) is 21.5 Å². The Kier molecular flexibility index (Phi) is 4.02. The highest BCUT2D eigenvalue weighted by Gasteiger charge is 2.10. The topological polar surface area (TPSA) is 64.0 Å². The quantitative estimate of drug-likeness (QED) is 0.829. The minimum absolute atomic E-state index is 0.256. The molecule has 0 fully saturated rings. The molecule has 0 bridgehead atoms. The third-order valence-electron chi connectivity index (χ3n) is 1.85. The summed E-state index contributed by atoms with van der Waals surface area (Å²) in [6, 6.07) is 0. The number of hydrogen-bond acceptors (Lipinski definition) is 3. The van der Waals surface area contributed by atoms with Gasteiger partial charge in [-0.25, -0.2) is 0 Å². The fourth-order valence-electron chi connectivity index (χ4n) is 1.01. The van der Waals surface area contributed by atoms with Gasteiger partial charge in [-0.1, -0.05) is 0 Å². The highest BCUT2D eigenvalue weighted by atomic mass is 79.9. The summed E-state index contributed by atoms with van der Waals surface area (Å²) in [6.07, 6.45) is 1.83. The molecule has 1 heterocycles. The van der Waals surface area contributed by atoms with Gasteiger partial charge in [0.05, 0.1) is 16.7 Å². The van der Waals surface area contributed by atoms with Crippen molar-refractivity contribution in [3.8, 4) is 0 Å². The molecule has 15 heavy (non-hydrogen) atoms. The number of aromatic nitrogens is 2. The van der Waals surface area contributed by atoms with E-state index in [1.165, 1.54) is 6.92 Å². The van der Waals surface area contributed by atoms with E-state index in [1.54, 1.807) is 4.68 Å². The standard InChI is InChI=1S/C9H12BrN3O2/c1-3-13-5-7(10)8(12-13)4-11-9(15)6(2)14/h5H,3-4H2,1-2H3,(H,11,15). The smallest absolute Gasteiger partial charge is 0.287 e. The van der Waals surface area contributed by atoms with Gasteiger partial charge in [0, 0.05) is 19.7 Å². The number of hydrogen-bond donors (Lipinski definition) is 1. The Bertz CT molecular complexity index is 387. The van der Waals surface area contributed by atoms with Gasteiger partial charge in [-0.3, -0.25) is 14.3 Å². The van der Waals surface area contributed by atoms with Crippen LogP contribution in [0, 0.1) is 0 Å². The maximum absolute atomic E-state index is 11.0. The zero-order valence-electron chi connectivity index (χ0n) is 8.58. The minimum atomic E-state index is -0.590. The Morgan fingerprint density at radius 2 is 2.27 bits per heavy atom. The van der Waals surface area contributed by atoms with Crippen LogP contribution in [0.15, 0.2) is 10.7 Å². The molecule has 0 aromatic carbocycles. The van der Waals surface area contributed by atoms with Crippen molar-refractivity contribution in [3.63, 3.8) is 0 Å². The van der Waals surface area contributed by atoms with E-state index in [4.69, 9.17) is 0 Å². The molecule has 0 aliphatic heterocycles. The number of ketones is 1. The van der Waals surface area contributed by atoms with Crippen LogP contribution in [-0.2, 0) is 22.7 Å². The van der Waals surface area contributed by atoms with E-state index in [2.05, 4.69) is 26.3 Å². The summed E-state index contributed by atoms with van der Waals surface area (Å²) in [6.45, 7) is 4.22. The molecule has 5 nitrogen and oxygen atoms in total. The summed E-state index contributed by atoms with van der Waals surface area (Å²) in [4.78, 5) is 21.7. The lowest BCUT2D eigenvalue weighted by atomic mass is 10.4. The van der Waals surface area contributed by atoms with Crippen LogP contribution in [0.1, 0.15) is 19.5 Å². The molecule has 1 amide bonds. The van der Waals surface area contributed by atoms with Gasteiger partial charge in [-0.15, -0.1) is 0 Å². The summed E-state index contributed by atoms with van der Waals surface area (Å²) in [5.41, 5.74) is 0.714. The summed E-state index contributed by atoms with van der Waals surface area (Å²) in [7, 11) is 0. The summed E-state index contributed by atoms with van der Waals surface area (Å²) < 4.78 is 2.58. The number of nitrogens with zero attached hydrogens (tertiary/aromatic N) is 2. The van der Waals surface area contributed by atoms with Crippen LogP contribution >= 0.6 is 15.9 Å². The number of halogens is 1. The lowest BCUT2D eigenvalue weighted by Crippen LogP contribution is -2.28. The molecule has 0 saturated heterocycles. The Balaban J connectivity index is 2.61. The fourth-order valence-corrected chi connectivity index (χ4v) is 1.46. The molecule has 1 rings (SSSR count). The zero-order chi connectivity index (χ0) is 11.4. The summed E-state index contributed by atoms with van der Waals surface area (Å²) >= 11 is 3.33. The monoisotopic (exact) mass is 273 g/mol. The molecule has 0 atom stereocenters. The van der Waals surface area contributed by atoms with Gasteiger partial charge in [-0.2, -0.15) is 5.10 Å². The molecule has 1 aromatic rings. The number of nitrogens with one attached hydrogen (secondary N) is 1. The number of carbonyl (C=O) groups is 2. The average molecular weight is 274 g/mol. The maximum Gasteiger partial charge on any atom is 0.287 e. The molecule has 0 unspecified atom stereocenters. The molecular weight excluding hydrogens is 262 g/mol. The number of rotatable bonds is 4. The highest BCUT2D eigenvalue weighted by molar-refractivity contribution is 9.10. The number of aryl methyl sites for hydroxylation is 1. The lowest BCUT2D eigenvalue weighted by molar-refractivity contribution is -0.136. The first-order chi connectivity index (χ1) is 7.04. The molecule has 82 valence electrons. The Morgan fingerprint density at radius 3 is 2.73 bits per heavy atom. The van der Waals surface area contributed by atoms with Crippen LogP contribution < -0.4 is 5.32 Å². The van der Waals surface area contributed by atoms with Gasteiger partial charge in [0.25, 0.3) is 5.91 Å². The van der Waals surface area contributed by atoms with Crippen molar-refractivity contribution in [3.05, 3.63) is 16.4 Å². The molecule has 0 spiro atoms. The van der Waals surface area contributed by atoms with E-state index in [-0.39, 0.29) is 6.54 Å². The van der Waals surface area contributed by atoms with Crippen molar-refractivity contribution >= 4 is 27.6 Å². The van der Waals surface area contributed by atoms with E-state index >= 15 is 0 Å². The van der Waals surface area contributed by atoms with Crippen molar-refractivity contribution in [2.24, 2.45) is 0 Å². The molecule has 0 radical (unpaired) electrons. The summed E-state index contributed by atoms with van der Waals surface area (Å²) in [5, 5.41) is 6.69. The van der Waals surface area contributed by atoms with Gasteiger partial charge in [-0.05, 0) is 22.9 Å². The highest BCUT2D eigenvalue weighted by Crippen LogP contribution is 2.14. The maximum atomic E-state index is 11.0. The fraction of sp³-hybridized carbons (Fsp3) is 0.444. The van der Waals surface area contributed by atoms with Crippen molar-refractivity contribution in [1.29, 1.82) is 0 Å². The van der Waals surface area contributed by atoms with E-state index in [0.29, 0.717) is 5.69 Å². The number of carbonyl (C=O) groups excluding carboxylic acids is 2. The van der Waals surface area contributed by atoms with Gasteiger partial charge in [0.1, 0.15) is 0 Å². The Labute approximate surface area is 96.0 Å². The van der Waals surface area contributed by atoms with Crippen LogP contribution in [0.2, 0.25) is 0 Å². The summed E-state index contributed by atoms with van der Waals surface area (Å²) in [5.74, 6) is -1.09. The molecule has 6 heteroatoms. The predicted octanol–water partition coefficient (Wildman–Crippen LogP) is 0.871. The molecule has 0 aliphatic carbocycles. The molecule has 1 aromatic heterocycles. The molecule has 0 aliphatic rings. The number of Topliss-reactive ketones (excluding diaryl/α,β-unsaturated/α-hetero) is 1. The average Bonchev–Trinajstić information content (AvgIpc) is 2.55. The third kappa shape index (κ3) is 3.16. The Morgan fingerprint density at radius 1 is 1.60 bits per heavy atom. The first-order valence-electron chi connectivity index (χ1n) is 4.55. The van der Waals surface area contributed by atoms with Crippen molar-refractivity contribution in [1.82, 2.24) is 15.1 Å². The molecular formula is C9H12BrN3O2. The lowest BCUT2D eigenvalue weighted by Gasteiger charge is -1.99. The molecule has 1 N–H and O–H groups in total. The SMILES string of the molecule is CCn1cc(Br)c(CNC(=O)C(C)=O)n1. The Hall–Kier alpha value is -1.17. The van der Waals surface area contributed by atoms with Gasteiger partial charge in [0.2, 0.25) is 5.78 Å². The van der Waals surface area contributed by atoms with Crippen LogP contribution in [0.3, 0.4) is 0 Å². The van der Waals surface area contributed by atoms with E-state index < -0.39 is 11.7 Å². The zero-order valence-corrected chi connectivity index (χ0v) is 10.2. The van der Waals surface area contributed by atoms with Crippen molar-refractivity contribution < 1.29 is 9.59 Å². The van der Waals surface area contributed by atoms with Gasteiger partial charge >= 0.3 is 0 Å². The van der Waals surface area contributed by atoms with Crippen molar-refractivity contribution in [2.45, 2.75) is 26.9 Å². The van der Waals surface area contributed by atoms with Gasteiger partial charge < -0.3 is 5.32 Å². The minimum Gasteiger partial charge on any atom is -0.344 e. The van der Waals surface area contributed by atoms with E-state index in [0.717, 1.165) is 11.0 Å². The predicted molar refractivity (Wildman–Crippen MR) is 58.1 cm³/mol. The first-order valence-corrected chi connectivity index (χ1v) is 5.34. The second-order valence-corrected chi connectivity index (χ2v) is 3.87. The van der Waals surface area contributed by atoms with E-state index in [9.17, 15) is 9.59 Å². The normalized spacial score (nSPS) is 10.1. The molecule has 0 saturated carbocycles. The van der Waals surface area contributed by atoms with Crippen molar-refractivity contribution in [2.75, 3.05) is 0 Å². The van der Waals surface area contributed by atoms with Crippen LogP contribution in [0.4, 0.5) is 0 Å². The van der Waals surface area contributed by atoms with E-state index in [1.807, 2.05) is 13.1 Å². The second-order valence-electron chi connectivity index (χ2n) is 3.02. The second kappa shape index (κ2) is 5.06.